The van der Waals surface area contributed by atoms with Crippen LogP contribution in [0.4, 0.5) is 0 Å². The van der Waals surface area contributed by atoms with E-state index in [1.165, 1.54) is 18.6 Å². The highest BCUT2D eigenvalue weighted by molar-refractivity contribution is 6.55. The van der Waals surface area contributed by atoms with Crippen molar-refractivity contribution in [2.45, 2.75) is 6.42 Å². The second kappa shape index (κ2) is 10.6. The molecule has 0 spiro atoms. The molecule has 0 bridgehead atoms. The van der Waals surface area contributed by atoms with Crippen molar-refractivity contribution in [2.24, 2.45) is 0 Å². The Morgan fingerprint density at radius 2 is 1.92 bits per heavy atom. The van der Waals surface area contributed by atoms with Crippen LogP contribution in [0.1, 0.15) is 16.8 Å². The SMILES string of the molecule is O=C(NCCCOc1c(Cl)cc(OCC=C(Cl)Cl)cc1Cl)c1ccoc1. The average molecular weight is 439 g/mol. The number of rotatable bonds is 9. The van der Waals surface area contributed by atoms with Crippen molar-refractivity contribution in [1.29, 1.82) is 0 Å². The van der Waals surface area contributed by atoms with Gasteiger partial charge >= 0.3 is 0 Å². The maximum atomic E-state index is 11.7. The first-order valence-corrected chi connectivity index (χ1v) is 9.04. The number of carbonyl (C=O) groups excluding carboxylic acids is 1. The summed E-state index contributed by atoms with van der Waals surface area (Å²) in [5.74, 6) is 0.612. The Balaban J connectivity index is 1.78. The third-order valence-corrected chi connectivity index (χ3v) is 3.97. The van der Waals surface area contributed by atoms with Gasteiger partial charge in [-0.05, 0) is 18.6 Å². The average Bonchev–Trinajstić information content (AvgIpc) is 3.10. The summed E-state index contributed by atoms with van der Waals surface area (Å²) in [5.41, 5.74) is 0.470. The van der Waals surface area contributed by atoms with Crippen LogP contribution < -0.4 is 14.8 Å². The van der Waals surface area contributed by atoms with Gasteiger partial charge in [0.2, 0.25) is 0 Å². The maximum Gasteiger partial charge on any atom is 0.254 e. The molecule has 0 aliphatic heterocycles. The number of hydrogen-bond donors (Lipinski definition) is 1. The first kappa shape index (κ1) is 20.8. The van der Waals surface area contributed by atoms with E-state index in [1.54, 1.807) is 18.2 Å². The molecule has 0 aliphatic rings. The number of halogens is 4. The van der Waals surface area contributed by atoms with Crippen LogP contribution in [0.15, 0.2) is 45.7 Å². The molecule has 2 rings (SSSR count). The number of amides is 1. The minimum Gasteiger partial charge on any atom is -0.490 e. The van der Waals surface area contributed by atoms with Gasteiger partial charge in [-0.15, -0.1) is 0 Å². The molecule has 0 atom stereocenters. The maximum absolute atomic E-state index is 11.7. The van der Waals surface area contributed by atoms with E-state index in [0.717, 1.165) is 0 Å². The molecule has 1 amide bonds. The van der Waals surface area contributed by atoms with Gasteiger partial charge in [0, 0.05) is 18.7 Å². The van der Waals surface area contributed by atoms with Crippen LogP contribution in [-0.2, 0) is 0 Å². The van der Waals surface area contributed by atoms with Gasteiger partial charge in [-0.2, -0.15) is 0 Å². The van der Waals surface area contributed by atoms with Crippen molar-refractivity contribution in [3.05, 3.63) is 56.9 Å². The highest BCUT2D eigenvalue weighted by atomic mass is 35.5. The van der Waals surface area contributed by atoms with Crippen molar-refractivity contribution in [1.82, 2.24) is 5.32 Å². The molecular formula is C17H15Cl4NO4. The Labute approximate surface area is 170 Å². The van der Waals surface area contributed by atoms with Crippen LogP contribution in [0, 0.1) is 0 Å². The number of benzene rings is 1. The topological polar surface area (TPSA) is 60.7 Å². The summed E-state index contributed by atoms with van der Waals surface area (Å²) < 4.78 is 16.0. The molecule has 1 N–H and O–H groups in total. The van der Waals surface area contributed by atoms with Gasteiger partial charge in [0.25, 0.3) is 5.91 Å². The fourth-order valence-electron chi connectivity index (χ4n) is 1.90. The highest BCUT2D eigenvalue weighted by Crippen LogP contribution is 2.37. The molecule has 0 aliphatic carbocycles. The summed E-state index contributed by atoms with van der Waals surface area (Å²) in [6.45, 7) is 0.952. The van der Waals surface area contributed by atoms with Crippen LogP contribution in [0.5, 0.6) is 11.5 Å². The minimum absolute atomic E-state index is 0.113. The van der Waals surface area contributed by atoms with Crippen molar-refractivity contribution in [3.63, 3.8) is 0 Å². The number of furan rings is 1. The van der Waals surface area contributed by atoms with Crippen molar-refractivity contribution >= 4 is 52.3 Å². The molecule has 1 heterocycles. The fraction of sp³-hybridized carbons (Fsp3) is 0.235. The molecule has 0 saturated carbocycles. The minimum atomic E-state index is -0.206. The van der Waals surface area contributed by atoms with Gasteiger partial charge in [0.15, 0.2) is 5.75 Å². The molecule has 1 aromatic carbocycles. The molecule has 140 valence electrons. The Morgan fingerprint density at radius 3 is 2.54 bits per heavy atom. The van der Waals surface area contributed by atoms with Crippen LogP contribution in [-0.4, -0.2) is 25.7 Å². The van der Waals surface area contributed by atoms with E-state index in [2.05, 4.69) is 5.32 Å². The molecule has 0 fully saturated rings. The van der Waals surface area contributed by atoms with Crippen LogP contribution in [0.3, 0.4) is 0 Å². The Hall–Kier alpha value is -1.53. The lowest BCUT2D eigenvalue weighted by Crippen LogP contribution is -2.25. The summed E-state index contributed by atoms with van der Waals surface area (Å²) in [5, 5.41) is 3.38. The van der Waals surface area contributed by atoms with Gasteiger partial charge in [-0.3, -0.25) is 4.79 Å². The van der Waals surface area contributed by atoms with E-state index in [0.29, 0.717) is 46.7 Å². The number of nitrogens with one attached hydrogen (secondary N) is 1. The normalized spacial score (nSPS) is 10.3. The Bertz CT molecular complexity index is 735. The van der Waals surface area contributed by atoms with Crippen molar-refractivity contribution in [3.8, 4) is 11.5 Å². The molecular weight excluding hydrogens is 424 g/mol. The first-order valence-electron chi connectivity index (χ1n) is 7.53. The van der Waals surface area contributed by atoms with E-state index in [9.17, 15) is 4.79 Å². The van der Waals surface area contributed by atoms with Crippen molar-refractivity contribution < 1.29 is 18.7 Å². The number of ether oxygens (including phenoxy) is 2. The second-order valence-electron chi connectivity index (χ2n) is 4.99. The van der Waals surface area contributed by atoms with E-state index in [1.807, 2.05) is 0 Å². The number of hydrogen-bond acceptors (Lipinski definition) is 4. The van der Waals surface area contributed by atoms with Crippen molar-refractivity contribution in [2.75, 3.05) is 19.8 Å². The molecule has 1 aromatic heterocycles. The predicted molar refractivity (Wildman–Crippen MR) is 103 cm³/mol. The molecule has 9 heteroatoms. The first-order chi connectivity index (χ1) is 12.5. The van der Waals surface area contributed by atoms with E-state index < -0.39 is 0 Å². The van der Waals surface area contributed by atoms with Crippen LogP contribution in [0.2, 0.25) is 10.0 Å². The summed E-state index contributed by atoms with van der Waals surface area (Å²) in [6, 6.07) is 4.75. The smallest absolute Gasteiger partial charge is 0.254 e. The number of carbonyl (C=O) groups is 1. The Morgan fingerprint density at radius 1 is 1.19 bits per heavy atom. The zero-order chi connectivity index (χ0) is 18.9. The molecule has 0 radical (unpaired) electrons. The third kappa shape index (κ3) is 6.65. The lowest BCUT2D eigenvalue weighted by Gasteiger charge is -2.12. The summed E-state index contributed by atoms with van der Waals surface area (Å²) in [7, 11) is 0. The third-order valence-electron chi connectivity index (χ3n) is 3.10. The lowest BCUT2D eigenvalue weighted by atomic mass is 10.3. The molecule has 0 saturated heterocycles. The van der Waals surface area contributed by atoms with E-state index >= 15 is 0 Å². The van der Waals surface area contributed by atoms with Gasteiger partial charge in [0.05, 0.1) is 28.5 Å². The lowest BCUT2D eigenvalue weighted by molar-refractivity contribution is 0.0951. The van der Waals surface area contributed by atoms with Gasteiger partial charge in [-0.1, -0.05) is 46.4 Å². The second-order valence-corrected chi connectivity index (χ2v) is 6.81. The summed E-state index contributed by atoms with van der Waals surface area (Å²) in [6.07, 6.45) is 4.89. The Kier molecular flexibility index (Phi) is 8.45. The standard InChI is InChI=1S/C17H15Cl4NO4/c18-13-8-12(25-7-3-15(20)21)9-14(19)16(13)26-5-1-4-22-17(23)11-2-6-24-10-11/h2-3,6,8-10H,1,4-5,7H2,(H,22,23). The van der Waals surface area contributed by atoms with E-state index in [-0.39, 0.29) is 17.0 Å². The monoisotopic (exact) mass is 437 g/mol. The molecule has 0 unspecified atom stereocenters. The van der Waals surface area contributed by atoms with Gasteiger partial charge in [-0.25, -0.2) is 0 Å². The zero-order valence-electron chi connectivity index (χ0n) is 13.4. The van der Waals surface area contributed by atoms with Gasteiger partial charge < -0.3 is 19.2 Å². The highest BCUT2D eigenvalue weighted by Gasteiger charge is 2.11. The molecule has 2 aromatic rings. The summed E-state index contributed by atoms with van der Waals surface area (Å²) >= 11 is 23.4. The molecule has 26 heavy (non-hydrogen) atoms. The largest absolute Gasteiger partial charge is 0.490 e. The fourth-order valence-corrected chi connectivity index (χ4v) is 2.60. The van der Waals surface area contributed by atoms with Gasteiger partial charge in [0.1, 0.15) is 23.1 Å². The van der Waals surface area contributed by atoms with E-state index in [4.69, 9.17) is 60.3 Å². The van der Waals surface area contributed by atoms with Crippen LogP contribution >= 0.6 is 46.4 Å². The van der Waals surface area contributed by atoms with Crippen LogP contribution in [0.25, 0.3) is 0 Å². The molecule has 5 nitrogen and oxygen atoms in total. The quantitative estimate of drug-likeness (QED) is 0.526. The summed E-state index contributed by atoms with van der Waals surface area (Å²) in [4.78, 5) is 11.7. The predicted octanol–water partition coefficient (Wildman–Crippen LogP) is 5.48. The zero-order valence-corrected chi connectivity index (χ0v) is 16.5.